The number of carbonyl (C=O) groups is 3. The van der Waals surface area contributed by atoms with Crippen LogP contribution in [0, 0.1) is 11.8 Å². The fourth-order valence-corrected chi connectivity index (χ4v) is 6.52. The number of hydrogen-bond acceptors (Lipinski definition) is 7. The van der Waals surface area contributed by atoms with E-state index >= 15 is 0 Å². The first kappa shape index (κ1) is 28.3. The van der Waals surface area contributed by atoms with Crippen molar-refractivity contribution >= 4 is 17.7 Å². The average molecular weight is 578 g/mol. The maximum Gasteiger partial charge on any atom is 0.253 e. The van der Waals surface area contributed by atoms with Crippen LogP contribution < -0.4 is 19.5 Å². The normalized spacial score (nSPS) is 23.1. The van der Waals surface area contributed by atoms with Crippen molar-refractivity contribution in [3.05, 3.63) is 53.1 Å². The zero-order valence-corrected chi connectivity index (χ0v) is 24.1. The smallest absolute Gasteiger partial charge is 0.253 e. The Hall–Kier alpha value is -3.79. The maximum absolute atomic E-state index is 13.6. The van der Waals surface area contributed by atoms with E-state index in [1.54, 1.807) is 18.1 Å². The van der Waals surface area contributed by atoms with Crippen molar-refractivity contribution in [3.8, 4) is 17.2 Å². The van der Waals surface area contributed by atoms with Crippen LogP contribution in [-0.4, -0.2) is 93.8 Å². The first-order valence-electron chi connectivity index (χ1n) is 15.0. The molecular weight excluding hydrogens is 538 g/mol. The molecule has 0 aliphatic carbocycles. The Bertz CT molecular complexity index is 1330. The monoisotopic (exact) mass is 577 g/mol. The molecule has 1 N–H and O–H groups in total. The topological polar surface area (TPSA) is 107 Å². The number of likely N-dealkylation sites (tertiary alicyclic amines) is 1. The van der Waals surface area contributed by atoms with Gasteiger partial charge < -0.3 is 34.1 Å². The third kappa shape index (κ3) is 5.90. The zero-order valence-electron chi connectivity index (χ0n) is 24.1. The van der Waals surface area contributed by atoms with E-state index in [2.05, 4.69) is 5.32 Å². The molecule has 4 aliphatic heterocycles. The number of benzene rings is 2. The quantitative estimate of drug-likeness (QED) is 0.598. The van der Waals surface area contributed by atoms with Gasteiger partial charge in [0.2, 0.25) is 11.8 Å². The lowest BCUT2D eigenvalue weighted by Crippen LogP contribution is -2.40. The molecule has 2 fully saturated rings. The molecule has 2 bridgehead atoms. The van der Waals surface area contributed by atoms with Crippen LogP contribution in [0.25, 0.3) is 0 Å². The van der Waals surface area contributed by atoms with Gasteiger partial charge in [0.1, 0.15) is 12.4 Å². The van der Waals surface area contributed by atoms with E-state index in [9.17, 15) is 14.4 Å². The van der Waals surface area contributed by atoms with Crippen LogP contribution in [0.3, 0.4) is 0 Å². The third-order valence-corrected chi connectivity index (χ3v) is 8.90. The first-order chi connectivity index (χ1) is 20.5. The van der Waals surface area contributed by atoms with Gasteiger partial charge in [-0.3, -0.25) is 14.4 Å². The van der Waals surface area contributed by atoms with Gasteiger partial charge in [-0.25, -0.2) is 0 Å². The van der Waals surface area contributed by atoms with E-state index in [1.165, 1.54) is 0 Å². The highest BCUT2D eigenvalue weighted by molar-refractivity contribution is 5.94. The minimum atomic E-state index is -0.385. The molecule has 2 atom stereocenters. The molecular formula is C32H39N3O7. The molecule has 2 aromatic rings. The molecule has 2 aromatic carbocycles. The summed E-state index contributed by atoms with van der Waals surface area (Å²) < 4.78 is 22.9. The van der Waals surface area contributed by atoms with Crippen molar-refractivity contribution in [3.63, 3.8) is 0 Å². The lowest BCUT2D eigenvalue weighted by molar-refractivity contribution is -0.137. The zero-order chi connectivity index (χ0) is 29.1. The number of ether oxygens (including phenoxy) is 4. The van der Waals surface area contributed by atoms with E-state index in [1.807, 2.05) is 35.2 Å². The summed E-state index contributed by atoms with van der Waals surface area (Å²) in [6.45, 7) is 4.25. The van der Waals surface area contributed by atoms with Crippen molar-refractivity contribution in [2.24, 2.45) is 11.8 Å². The first-order valence-corrected chi connectivity index (χ1v) is 15.0. The summed E-state index contributed by atoms with van der Waals surface area (Å²) in [5.74, 6) is 1.32. The van der Waals surface area contributed by atoms with Crippen molar-refractivity contribution in [1.29, 1.82) is 0 Å². The van der Waals surface area contributed by atoms with Gasteiger partial charge in [-0.2, -0.15) is 0 Å². The minimum absolute atomic E-state index is 0.0631. The molecule has 224 valence electrons. The summed E-state index contributed by atoms with van der Waals surface area (Å²) in [5.41, 5.74) is 2.59. The van der Waals surface area contributed by atoms with Crippen molar-refractivity contribution in [1.82, 2.24) is 15.1 Å². The minimum Gasteiger partial charge on any atom is -0.493 e. The lowest BCUT2D eigenvalue weighted by Gasteiger charge is -2.26. The number of amides is 3. The molecule has 4 aliphatic rings. The van der Waals surface area contributed by atoms with Crippen LogP contribution in [0.4, 0.5) is 0 Å². The van der Waals surface area contributed by atoms with Gasteiger partial charge in [-0.15, -0.1) is 0 Å². The molecule has 0 spiro atoms. The van der Waals surface area contributed by atoms with Gasteiger partial charge in [0, 0.05) is 63.2 Å². The van der Waals surface area contributed by atoms with Crippen LogP contribution >= 0.6 is 0 Å². The van der Waals surface area contributed by atoms with Crippen LogP contribution in [0.1, 0.15) is 46.7 Å². The number of fused-ring (bicyclic) bond motifs is 5. The highest BCUT2D eigenvalue weighted by Crippen LogP contribution is 2.39. The molecule has 4 heterocycles. The second-order valence-corrected chi connectivity index (χ2v) is 11.5. The predicted octanol–water partition coefficient (Wildman–Crippen LogP) is 2.64. The second kappa shape index (κ2) is 12.6. The number of nitrogens with one attached hydrogen (secondary N) is 1. The summed E-state index contributed by atoms with van der Waals surface area (Å²) in [6.07, 6.45) is 2.82. The van der Waals surface area contributed by atoms with Gasteiger partial charge in [-0.1, -0.05) is 6.07 Å². The van der Waals surface area contributed by atoms with Crippen molar-refractivity contribution < 1.29 is 33.3 Å². The molecule has 0 unspecified atom stereocenters. The Kier molecular flexibility index (Phi) is 8.51. The van der Waals surface area contributed by atoms with E-state index in [0.29, 0.717) is 88.9 Å². The number of nitrogens with zero attached hydrogens (tertiary/aromatic N) is 2. The molecule has 0 radical (unpaired) electrons. The van der Waals surface area contributed by atoms with Gasteiger partial charge in [0.25, 0.3) is 5.91 Å². The Labute approximate surface area is 246 Å². The summed E-state index contributed by atoms with van der Waals surface area (Å²) in [6, 6.07) is 11.3. The van der Waals surface area contributed by atoms with Gasteiger partial charge >= 0.3 is 0 Å². The lowest BCUT2D eigenvalue weighted by atomic mass is 9.88. The fraction of sp³-hybridized carbons (Fsp3) is 0.531. The molecule has 10 nitrogen and oxygen atoms in total. The molecule has 0 aromatic heterocycles. The van der Waals surface area contributed by atoms with Crippen LogP contribution in [0.15, 0.2) is 36.4 Å². The number of methoxy groups -OCH3 is 1. The van der Waals surface area contributed by atoms with E-state index in [0.717, 1.165) is 23.3 Å². The van der Waals surface area contributed by atoms with E-state index in [4.69, 9.17) is 18.9 Å². The summed E-state index contributed by atoms with van der Waals surface area (Å²) in [7, 11) is 1.59. The molecule has 0 saturated carbocycles. The fourth-order valence-electron chi connectivity index (χ4n) is 6.52. The van der Waals surface area contributed by atoms with Gasteiger partial charge in [0.15, 0.2) is 11.5 Å². The molecule has 6 rings (SSSR count). The SMILES string of the molecule is COc1ccc2cc1OCCN(C(=O)c1ccc3c(c1)CCO3)CCCNC(=O)[C@H]1CN(C(=O)C3CCOCC3)C[C@H]21. The van der Waals surface area contributed by atoms with Crippen LogP contribution in [-0.2, 0) is 20.7 Å². The summed E-state index contributed by atoms with van der Waals surface area (Å²) >= 11 is 0. The van der Waals surface area contributed by atoms with Crippen molar-refractivity contribution in [2.45, 2.75) is 31.6 Å². The van der Waals surface area contributed by atoms with Crippen LogP contribution in [0.2, 0.25) is 0 Å². The average Bonchev–Trinajstić information content (AvgIpc) is 3.69. The predicted molar refractivity (Wildman–Crippen MR) is 154 cm³/mol. The highest BCUT2D eigenvalue weighted by Gasteiger charge is 2.42. The highest BCUT2D eigenvalue weighted by atomic mass is 16.5. The standard InChI is InChI=1S/C32H39N3O7/c1-39-28-6-3-22-18-29(28)42-16-12-34(32(38)24-4-5-27-23(17-24)9-15-41-27)11-2-10-33-30(36)26-20-35(19-25(22)26)31(37)21-7-13-40-14-8-21/h3-6,17-18,21,25-26H,2,7-16,19-20H2,1H3,(H,33,36)/t25-,26+/m1/s1. The van der Waals surface area contributed by atoms with Gasteiger partial charge in [-0.05, 0) is 60.7 Å². The molecule has 10 heteroatoms. The molecule has 42 heavy (non-hydrogen) atoms. The number of hydrogen-bond donors (Lipinski definition) is 1. The number of carbonyl (C=O) groups excluding carboxylic acids is 3. The largest absolute Gasteiger partial charge is 0.493 e. The van der Waals surface area contributed by atoms with Crippen LogP contribution in [0.5, 0.6) is 17.2 Å². The number of rotatable bonds is 3. The summed E-state index contributed by atoms with van der Waals surface area (Å²) in [5, 5.41) is 3.10. The van der Waals surface area contributed by atoms with Crippen molar-refractivity contribution in [2.75, 3.05) is 66.3 Å². The Morgan fingerprint density at radius 1 is 0.905 bits per heavy atom. The Morgan fingerprint density at radius 2 is 1.71 bits per heavy atom. The Balaban J connectivity index is 1.22. The second-order valence-electron chi connectivity index (χ2n) is 11.5. The third-order valence-electron chi connectivity index (χ3n) is 8.90. The molecule has 2 saturated heterocycles. The molecule has 3 amide bonds. The Morgan fingerprint density at radius 3 is 2.55 bits per heavy atom. The van der Waals surface area contributed by atoms with E-state index < -0.39 is 0 Å². The van der Waals surface area contributed by atoms with E-state index in [-0.39, 0.29) is 42.1 Å². The van der Waals surface area contributed by atoms with Gasteiger partial charge in [0.05, 0.1) is 26.2 Å². The maximum atomic E-state index is 13.6. The summed E-state index contributed by atoms with van der Waals surface area (Å²) in [4.78, 5) is 44.2.